The standard InChI is InChI=1S/C12H16F3N3O2/c1-7-4-17-18(2)9(7)3-8-5-16-6-11(8,10(19)20)12(13,14)15/h4,8,16H,3,5-6H2,1-2H3,(H,19,20)/t8-,11+/m1/s1. The van der Waals surface area contributed by atoms with Crippen molar-refractivity contribution in [2.45, 2.75) is 19.5 Å². The zero-order chi connectivity index (χ0) is 15.1. The average molecular weight is 291 g/mol. The van der Waals surface area contributed by atoms with Gasteiger partial charge in [0.05, 0.1) is 6.20 Å². The molecule has 2 N–H and O–H groups in total. The van der Waals surface area contributed by atoms with Crippen LogP contribution in [0, 0.1) is 18.3 Å². The summed E-state index contributed by atoms with van der Waals surface area (Å²) < 4.78 is 41.4. The minimum atomic E-state index is -4.79. The van der Waals surface area contributed by atoms with Crippen molar-refractivity contribution in [3.63, 3.8) is 0 Å². The first-order valence-electron chi connectivity index (χ1n) is 6.18. The van der Waals surface area contributed by atoms with Gasteiger partial charge in [-0.05, 0) is 25.5 Å². The Bertz CT molecular complexity index is 507. The van der Waals surface area contributed by atoms with E-state index in [1.54, 1.807) is 20.2 Å². The molecule has 0 aliphatic carbocycles. The minimum absolute atomic E-state index is 0.0242. The fraction of sp³-hybridized carbons (Fsp3) is 0.667. The second-order valence-corrected chi connectivity index (χ2v) is 5.20. The third-order valence-corrected chi connectivity index (χ3v) is 4.09. The van der Waals surface area contributed by atoms with Gasteiger partial charge in [0.15, 0.2) is 5.41 Å². The molecule has 112 valence electrons. The molecule has 1 aliphatic rings. The third kappa shape index (κ3) is 2.07. The first-order chi connectivity index (χ1) is 9.20. The summed E-state index contributed by atoms with van der Waals surface area (Å²) in [6.45, 7) is 1.19. The highest BCUT2D eigenvalue weighted by Crippen LogP contribution is 2.47. The van der Waals surface area contributed by atoms with E-state index in [1.807, 2.05) is 0 Å². The predicted octanol–water partition coefficient (Wildman–Crippen LogP) is 1.12. The third-order valence-electron chi connectivity index (χ3n) is 4.09. The number of alkyl halides is 3. The Labute approximate surface area is 113 Å². The summed E-state index contributed by atoms with van der Waals surface area (Å²) in [6.07, 6.45) is -3.20. The molecule has 1 saturated heterocycles. The van der Waals surface area contributed by atoms with Crippen molar-refractivity contribution in [2.24, 2.45) is 18.4 Å². The zero-order valence-electron chi connectivity index (χ0n) is 11.2. The first-order valence-corrected chi connectivity index (χ1v) is 6.18. The Morgan fingerprint density at radius 3 is 2.75 bits per heavy atom. The van der Waals surface area contributed by atoms with Gasteiger partial charge in [0.1, 0.15) is 0 Å². The second-order valence-electron chi connectivity index (χ2n) is 5.20. The van der Waals surface area contributed by atoms with Crippen LogP contribution in [0.25, 0.3) is 0 Å². The number of halogens is 3. The van der Waals surface area contributed by atoms with Crippen LogP contribution in [0.4, 0.5) is 13.2 Å². The van der Waals surface area contributed by atoms with E-state index in [2.05, 4.69) is 10.4 Å². The van der Waals surface area contributed by atoms with E-state index < -0.39 is 30.0 Å². The van der Waals surface area contributed by atoms with Gasteiger partial charge in [0, 0.05) is 25.2 Å². The van der Waals surface area contributed by atoms with E-state index in [-0.39, 0.29) is 13.0 Å². The lowest BCUT2D eigenvalue weighted by Gasteiger charge is -2.32. The summed E-state index contributed by atoms with van der Waals surface area (Å²) in [7, 11) is 1.64. The molecule has 0 aromatic carbocycles. The van der Waals surface area contributed by atoms with Gasteiger partial charge in [-0.15, -0.1) is 0 Å². The van der Waals surface area contributed by atoms with Crippen molar-refractivity contribution in [2.75, 3.05) is 13.1 Å². The van der Waals surface area contributed by atoms with E-state index in [9.17, 15) is 18.0 Å². The highest BCUT2D eigenvalue weighted by Gasteiger charge is 2.66. The summed E-state index contributed by atoms with van der Waals surface area (Å²) in [5.41, 5.74) is -1.33. The number of hydrogen-bond donors (Lipinski definition) is 2. The van der Waals surface area contributed by atoms with Gasteiger partial charge in [-0.2, -0.15) is 18.3 Å². The number of aryl methyl sites for hydroxylation is 2. The fourth-order valence-corrected chi connectivity index (χ4v) is 2.81. The molecule has 1 aromatic heterocycles. The fourth-order valence-electron chi connectivity index (χ4n) is 2.81. The molecule has 0 spiro atoms. The average Bonchev–Trinajstić information content (AvgIpc) is 2.87. The number of carboxylic acids is 1. The number of hydrogen-bond acceptors (Lipinski definition) is 3. The van der Waals surface area contributed by atoms with Crippen LogP contribution in [0.1, 0.15) is 11.3 Å². The van der Waals surface area contributed by atoms with Crippen LogP contribution >= 0.6 is 0 Å². The van der Waals surface area contributed by atoms with Crippen LogP contribution in [0.15, 0.2) is 6.20 Å². The molecule has 0 amide bonds. The van der Waals surface area contributed by atoms with Crippen LogP contribution < -0.4 is 5.32 Å². The minimum Gasteiger partial charge on any atom is -0.481 e. The van der Waals surface area contributed by atoms with Crippen LogP contribution in [0.5, 0.6) is 0 Å². The molecule has 0 radical (unpaired) electrons. The van der Waals surface area contributed by atoms with Crippen LogP contribution in [-0.4, -0.2) is 40.1 Å². The Morgan fingerprint density at radius 1 is 1.65 bits per heavy atom. The van der Waals surface area contributed by atoms with Gasteiger partial charge in [0.25, 0.3) is 0 Å². The van der Waals surface area contributed by atoms with E-state index in [1.165, 1.54) is 4.68 Å². The molecule has 0 saturated carbocycles. The number of aromatic nitrogens is 2. The largest absolute Gasteiger partial charge is 0.481 e. The van der Waals surface area contributed by atoms with Gasteiger partial charge in [-0.25, -0.2) is 0 Å². The van der Waals surface area contributed by atoms with E-state index in [0.29, 0.717) is 5.69 Å². The number of aliphatic carboxylic acids is 1. The normalized spacial score (nSPS) is 26.9. The summed E-state index contributed by atoms with van der Waals surface area (Å²) in [5.74, 6) is -2.87. The smallest absolute Gasteiger partial charge is 0.406 e. The van der Waals surface area contributed by atoms with E-state index >= 15 is 0 Å². The van der Waals surface area contributed by atoms with Crippen molar-refractivity contribution < 1.29 is 23.1 Å². The SMILES string of the molecule is Cc1cnn(C)c1C[C@@H]1CNC[C@]1(C(=O)O)C(F)(F)F. The molecule has 0 unspecified atom stereocenters. The molecule has 1 aliphatic heterocycles. The molecule has 8 heteroatoms. The Balaban J connectivity index is 2.38. The second kappa shape index (κ2) is 4.76. The van der Waals surface area contributed by atoms with Gasteiger partial charge in [-0.3, -0.25) is 9.48 Å². The number of rotatable bonds is 3. The molecule has 0 bridgehead atoms. The summed E-state index contributed by atoms with van der Waals surface area (Å²) in [4.78, 5) is 11.3. The number of carbonyl (C=O) groups is 1. The van der Waals surface area contributed by atoms with Crippen molar-refractivity contribution in [3.8, 4) is 0 Å². The maximum atomic E-state index is 13.3. The van der Waals surface area contributed by atoms with Crippen LogP contribution in [-0.2, 0) is 18.3 Å². The van der Waals surface area contributed by atoms with Crippen LogP contribution in [0.2, 0.25) is 0 Å². The number of nitrogens with one attached hydrogen (secondary N) is 1. The highest BCUT2D eigenvalue weighted by atomic mass is 19.4. The molecule has 2 heterocycles. The van der Waals surface area contributed by atoms with Gasteiger partial charge in [-0.1, -0.05) is 0 Å². The van der Waals surface area contributed by atoms with Gasteiger partial charge in [0.2, 0.25) is 0 Å². The lowest BCUT2D eigenvalue weighted by Crippen LogP contribution is -2.51. The van der Waals surface area contributed by atoms with Crippen molar-refractivity contribution in [3.05, 3.63) is 17.5 Å². The lowest BCUT2D eigenvalue weighted by molar-refractivity contribution is -0.236. The summed E-state index contributed by atoms with van der Waals surface area (Å²) >= 11 is 0. The molecule has 20 heavy (non-hydrogen) atoms. The molecular formula is C12H16F3N3O2. The maximum Gasteiger partial charge on any atom is 0.406 e. The topological polar surface area (TPSA) is 67.2 Å². The van der Waals surface area contributed by atoms with Crippen molar-refractivity contribution in [1.29, 1.82) is 0 Å². The number of carboxylic acid groups (broad SMARTS) is 1. The zero-order valence-corrected chi connectivity index (χ0v) is 11.2. The molecule has 5 nitrogen and oxygen atoms in total. The quantitative estimate of drug-likeness (QED) is 0.876. The Kier molecular flexibility index (Phi) is 3.53. The van der Waals surface area contributed by atoms with E-state index in [0.717, 1.165) is 5.56 Å². The van der Waals surface area contributed by atoms with Crippen molar-refractivity contribution >= 4 is 5.97 Å². The lowest BCUT2D eigenvalue weighted by atomic mass is 9.75. The van der Waals surface area contributed by atoms with Gasteiger partial charge >= 0.3 is 12.1 Å². The molecule has 2 rings (SSSR count). The maximum absolute atomic E-state index is 13.3. The van der Waals surface area contributed by atoms with Crippen LogP contribution in [0.3, 0.4) is 0 Å². The monoisotopic (exact) mass is 291 g/mol. The molecule has 1 aromatic rings. The van der Waals surface area contributed by atoms with Gasteiger partial charge < -0.3 is 10.4 Å². The first kappa shape index (κ1) is 14.8. The Morgan fingerprint density at radius 2 is 2.30 bits per heavy atom. The van der Waals surface area contributed by atoms with Crippen molar-refractivity contribution in [1.82, 2.24) is 15.1 Å². The summed E-state index contributed by atoms with van der Waals surface area (Å²) in [6, 6.07) is 0. The predicted molar refractivity (Wildman–Crippen MR) is 64.1 cm³/mol. The summed E-state index contributed by atoms with van der Waals surface area (Å²) in [5, 5.41) is 15.7. The highest BCUT2D eigenvalue weighted by molar-refractivity contribution is 5.77. The molecular weight excluding hydrogens is 275 g/mol. The van der Waals surface area contributed by atoms with E-state index in [4.69, 9.17) is 5.11 Å². The molecule has 1 fully saturated rings. The Hall–Kier alpha value is -1.57. The number of nitrogens with zero attached hydrogens (tertiary/aromatic N) is 2. The molecule has 2 atom stereocenters.